The number of nitrogens with one attached hydrogen (secondary N) is 1. The molecule has 0 atom stereocenters. The summed E-state index contributed by atoms with van der Waals surface area (Å²) in [4.78, 5) is 13.2. The standard InChI is InChI=1S/C17H14F4N2OS/c18-14-7-10(17(19,20)21)6-13(9-4-5-9)15(14)16(24)23-11-2-1-3-12(8-11)25-22/h1-3,6-9H,4-5,22H2,(H,23,24). The monoisotopic (exact) mass is 370 g/mol. The van der Waals surface area contributed by atoms with Crippen LogP contribution in [0.2, 0.25) is 0 Å². The Morgan fingerprint density at radius 2 is 1.92 bits per heavy atom. The second kappa shape index (κ2) is 6.68. The molecule has 1 fully saturated rings. The zero-order valence-corrected chi connectivity index (χ0v) is 13.7. The van der Waals surface area contributed by atoms with Gasteiger partial charge in [0.05, 0.1) is 11.1 Å². The van der Waals surface area contributed by atoms with Gasteiger partial charge in [0.25, 0.3) is 5.91 Å². The molecule has 0 aliphatic heterocycles. The summed E-state index contributed by atoms with van der Waals surface area (Å²) < 4.78 is 53.1. The minimum atomic E-state index is -4.66. The molecular weight excluding hydrogens is 356 g/mol. The average molecular weight is 370 g/mol. The molecule has 0 spiro atoms. The summed E-state index contributed by atoms with van der Waals surface area (Å²) in [6, 6.07) is 7.83. The zero-order chi connectivity index (χ0) is 18.2. The normalized spacial score (nSPS) is 14.4. The van der Waals surface area contributed by atoms with Crippen molar-refractivity contribution in [1.82, 2.24) is 0 Å². The van der Waals surface area contributed by atoms with Crippen molar-refractivity contribution in [2.75, 3.05) is 5.32 Å². The lowest BCUT2D eigenvalue weighted by Crippen LogP contribution is -2.18. The van der Waals surface area contributed by atoms with E-state index in [2.05, 4.69) is 5.32 Å². The predicted octanol–water partition coefficient (Wildman–Crippen LogP) is 4.94. The van der Waals surface area contributed by atoms with Gasteiger partial charge in [0.2, 0.25) is 0 Å². The molecule has 0 aromatic heterocycles. The van der Waals surface area contributed by atoms with Crippen molar-refractivity contribution in [3.8, 4) is 0 Å². The Morgan fingerprint density at radius 3 is 2.52 bits per heavy atom. The van der Waals surface area contributed by atoms with E-state index in [1.165, 1.54) is 0 Å². The van der Waals surface area contributed by atoms with Crippen molar-refractivity contribution < 1.29 is 22.4 Å². The first-order valence-corrected chi connectivity index (χ1v) is 8.36. The van der Waals surface area contributed by atoms with E-state index < -0.39 is 23.5 Å². The smallest absolute Gasteiger partial charge is 0.322 e. The minimum absolute atomic E-state index is 0.106. The van der Waals surface area contributed by atoms with Crippen molar-refractivity contribution in [3.63, 3.8) is 0 Å². The minimum Gasteiger partial charge on any atom is -0.322 e. The van der Waals surface area contributed by atoms with Crippen LogP contribution in [0.1, 0.15) is 40.2 Å². The van der Waals surface area contributed by atoms with Gasteiger partial charge in [-0.3, -0.25) is 9.93 Å². The van der Waals surface area contributed by atoms with E-state index in [1.54, 1.807) is 24.3 Å². The Balaban J connectivity index is 1.96. The molecule has 0 saturated heterocycles. The average Bonchev–Trinajstić information content (AvgIpc) is 3.38. The number of hydrogen-bond acceptors (Lipinski definition) is 3. The number of carbonyl (C=O) groups excluding carboxylic acids is 1. The van der Waals surface area contributed by atoms with Gasteiger partial charge in [-0.2, -0.15) is 13.2 Å². The van der Waals surface area contributed by atoms with Crippen molar-refractivity contribution in [1.29, 1.82) is 0 Å². The van der Waals surface area contributed by atoms with Crippen LogP contribution in [0.4, 0.5) is 23.2 Å². The first kappa shape index (κ1) is 17.8. The Bertz CT molecular complexity index is 819. The van der Waals surface area contributed by atoms with Crippen LogP contribution in [0, 0.1) is 5.82 Å². The van der Waals surface area contributed by atoms with Gasteiger partial charge < -0.3 is 5.32 Å². The number of amides is 1. The number of hydrogen-bond donors (Lipinski definition) is 2. The lowest BCUT2D eigenvalue weighted by atomic mass is 9.98. The number of rotatable bonds is 4. The highest BCUT2D eigenvalue weighted by Gasteiger charge is 2.37. The molecule has 25 heavy (non-hydrogen) atoms. The van der Waals surface area contributed by atoms with Crippen LogP contribution in [0.25, 0.3) is 0 Å². The van der Waals surface area contributed by atoms with Gasteiger partial charge in [-0.25, -0.2) is 4.39 Å². The summed E-state index contributed by atoms with van der Waals surface area (Å²) in [6.45, 7) is 0. The van der Waals surface area contributed by atoms with Crippen LogP contribution >= 0.6 is 11.9 Å². The molecular formula is C17H14F4N2OS. The molecule has 1 aliphatic carbocycles. The SMILES string of the molecule is NSc1cccc(NC(=O)c2c(F)cc(C(F)(F)F)cc2C2CC2)c1. The fourth-order valence-electron chi connectivity index (χ4n) is 2.59. The topological polar surface area (TPSA) is 55.1 Å². The zero-order valence-electron chi connectivity index (χ0n) is 12.9. The van der Waals surface area contributed by atoms with Gasteiger partial charge in [0, 0.05) is 10.6 Å². The van der Waals surface area contributed by atoms with Crippen LogP contribution in [0.5, 0.6) is 0 Å². The summed E-state index contributed by atoms with van der Waals surface area (Å²) in [5, 5.41) is 7.98. The second-order valence-corrected chi connectivity index (χ2v) is 6.50. The molecule has 8 heteroatoms. The molecule has 3 nitrogen and oxygen atoms in total. The third-order valence-electron chi connectivity index (χ3n) is 3.92. The second-order valence-electron chi connectivity index (χ2n) is 5.79. The first-order valence-electron chi connectivity index (χ1n) is 7.48. The Labute approximate surface area is 145 Å². The highest BCUT2D eigenvalue weighted by atomic mass is 32.2. The molecule has 1 aliphatic rings. The lowest BCUT2D eigenvalue weighted by Gasteiger charge is -2.15. The van der Waals surface area contributed by atoms with Gasteiger partial charge in [0.1, 0.15) is 5.82 Å². The van der Waals surface area contributed by atoms with Crippen LogP contribution in [0.3, 0.4) is 0 Å². The van der Waals surface area contributed by atoms with Crippen molar-refractivity contribution in [2.24, 2.45) is 5.14 Å². The van der Waals surface area contributed by atoms with E-state index in [0.29, 0.717) is 29.5 Å². The van der Waals surface area contributed by atoms with Crippen LogP contribution < -0.4 is 10.5 Å². The molecule has 2 aromatic rings. The number of carbonyl (C=O) groups is 1. The fraction of sp³-hybridized carbons (Fsp3) is 0.235. The molecule has 1 saturated carbocycles. The highest BCUT2D eigenvalue weighted by Crippen LogP contribution is 2.44. The summed E-state index contributed by atoms with van der Waals surface area (Å²) in [5.74, 6) is -2.16. The number of anilines is 1. The molecule has 3 rings (SSSR count). The Kier molecular flexibility index (Phi) is 4.75. The Hall–Kier alpha value is -2.06. The quantitative estimate of drug-likeness (QED) is 0.592. The van der Waals surface area contributed by atoms with Gasteiger partial charge in [-0.15, -0.1) is 0 Å². The van der Waals surface area contributed by atoms with E-state index in [4.69, 9.17) is 5.14 Å². The van der Waals surface area contributed by atoms with E-state index in [9.17, 15) is 22.4 Å². The molecule has 132 valence electrons. The number of benzene rings is 2. The molecule has 0 bridgehead atoms. The van der Waals surface area contributed by atoms with Crippen LogP contribution in [-0.4, -0.2) is 5.91 Å². The third-order valence-corrected chi connectivity index (χ3v) is 4.45. The maximum absolute atomic E-state index is 14.3. The predicted molar refractivity (Wildman–Crippen MR) is 87.8 cm³/mol. The van der Waals surface area contributed by atoms with Gasteiger partial charge in [-0.1, -0.05) is 6.07 Å². The van der Waals surface area contributed by atoms with Crippen molar-refractivity contribution in [2.45, 2.75) is 29.8 Å². The highest BCUT2D eigenvalue weighted by molar-refractivity contribution is 7.97. The summed E-state index contributed by atoms with van der Waals surface area (Å²) in [6.07, 6.45) is -3.38. The van der Waals surface area contributed by atoms with Crippen molar-refractivity contribution in [3.05, 3.63) is 58.9 Å². The number of halogens is 4. The molecule has 0 unspecified atom stereocenters. The van der Waals surface area contributed by atoms with E-state index in [-0.39, 0.29) is 17.0 Å². The molecule has 0 radical (unpaired) electrons. The summed E-state index contributed by atoms with van der Waals surface area (Å²) >= 11 is 0.981. The van der Waals surface area contributed by atoms with Gasteiger partial charge in [0.15, 0.2) is 0 Å². The van der Waals surface area contributed by atoms with Gasteiger partial charge >= 0.3 is 6.18 Å². The Morgan fingerprint density at radius 1 is 1.20 bits per heavy atom. The van der Waals surface area contributed by atoms with E-state index in [0.717, 1.165) is 18.0 Å². The summed E-state index contributed by atoms with van der Waals surface area (Å²) in [7, 11) is 0. The molecule has 1 amide bonds. The largest absolute Gasteiger partial charge is 0.416 e. The lowest BCUT2D eigenvalue weighted by molar-refractivity contribution is -0.137. The summed E-state index contributed by atoms with van der Waals surface area (Å²) in [5.41, 5.74) is -0.915. The fourth-order valence-corrected chi connectivity index (χ4v) is 2.94. The van der Waals surface area contributed by atoms with E-state index >= 15 is 0 Å². The van der Waals surface area contributed by atoms with Crippen LogP contribution in [0.15, 0.2) is 41.3 Å². The maximum Gasteiger partial charge on any atom is 0.416 e. The van der Waals surface area contributed by atoms with E-state index in [1.807, 2.05) is 0 Å². The first-order chi connectivity index (χ1) is 11.8. The molecule has 3 N–H and O–H groups in total. The van der Waals surface area contributed by atoms with Crippen molar-refractivity contribution >= 4 is 23.5 Å². The maximum atomic E-state index is 14.3. The van der Waals surface area contributed by atoms with Gasteiger partial charge in [-0.05, 0) is 66.6 Å². The number of alkyl halides is 3. The molecule has 2 aromatic carbocycles. The molecule has 0 heterocycles. The number of nitrogens with two attached hydrogens (primary N) is 1. The third kappa shape index (κ3) is 3.96. The van der Waals surface area contributed by atoms with Crippen LogP contribution in [-0.2, 0) is 6.18 Å².